The monoisotopic (exact) mass is 228 g/mol. The minimum absolute atomic E-state index is 0.612. The Balaban J connectivity index is 2.29. The third-order valence-electron chi connectivity index (χ3n) is 2.09. The highest BCUT2D eigenvalue weighted by molar-refractivity contribution is 7.99. The van der Waals surface area contributed by atoms with E-state index >= 15 is 0 Å². The Labute approximate surface area is 96.0 Å². The predicted molar refractivity (Wildman–Crippen MR) is 66.2 cm³/mol. The van der Waals surface area contributed by atoms with E-state index in [9.17, 15) is 0 Å². The smallest absolute Gasteiger partial charge is 0.0474 e. The van der Waals surface area contributed by atoms with Gasteiger partial charge in [0.25, 0.3) is 0 Å². The molecule has 0 fully saturated rings. The fourth-order valence-corrected chi connectivity index (χ4v) is 2.31. The van der Waals surface area contributed by atoms with Gasteiger partial charge in [0, 0.05) is 10.8 Å². The van der Waals surface area contributed by atoms with E-state index in [1.165, 1.54) is 35.5 Å². The van der Waals surface area contributed by atoms with Crippen molar-refractivity contribution in [2.75, 3.05) is 5.75 Å². The molecule has 1 aromatic rings. The second-order valence-electron chi connectivity index (χ2n) is 3.33. The maximum Gasteiger partial charge on any atom is 0.0474 e. The van der Waals surface area contributed by atoms with E-state index in [0.29, 0.717) is 5.88 Å². The molecule has 0 N–H and O–H groups in total. The zero-order valence-corrected chi connectivity index (χ0v) is 10.2. The Bertz CT molecular complexity index is 243. The van der Waals surface area contributed by atoms with Crippen LogP contribution in [0.1, 0.15) is 31.7 Å². The van der Waals surface area contributed by atoms with Crippen molar-refractivity contribution in [3.63, 3.8) is 0 Å². The van der Waals surface area contributed by atoms with Crippen molar-refractivity contribution in [2.24, 2.45) is 0 Å². The first-order valence-corrected chi connectivity index (χ1v) is 6.66. The lowest BCUT2D eigenvalue weighted by atomic mass is 10.2. The molecule has 0 heterocycles. The molecule has 0 nitrogen and oxygen atoms in total. The maximum atomic E-state index is 5.72. The van der Waals surface area contributed by atoms with Crippen LogP contribution in [0, 0.1) is 0 Å². The summed E-state index contributed by atoms with van der Waals surface area (Å²) >= 11 is 7.65. The lowest BCUT2D eigenvalue weighted by Gasteiger charge is -2.01. The van der Waals surface area contributed by atoms with Gasteiger partial charge in [-0.1, -0.05) is 31.9 Å². The van der Waals surface area contributed by atoms with Gasteiger partial charge in [0.1, 0.15) is 0 Å². The van der Waals surface area contributed by atoms with E-state index in [1.54, 1.807) is 0 Å². The Morgan fingerprint density at radius 2 is 1.86 bits per heavy atom. The van der Waals surface area contributed by atoms with Crippen LogP contribution in [0.2, 0.25) is 0 Å². The normalized spacial score (nSPS) is 10.4. The summed E-state index contributed by atoms with van der Waals surface area (Å²) in [6, 6.07) is 8.53. The predicted octanol–water partition coefficient (Wildman–Crippen LogP) is 4.71. The first-order valence-electron chi connectivity index (χ1n) is 5.14. The number of benzene rings is 1. The highest BCUT2D eigenvalue weighted by Crippen LogP contribution is 2.20. The molecular weight excluding hydrogens is 212 g/mol. The molecule has 0 unspecified atom stereocenters. The van der Waals surface area contributed by atoms with Gasteiger partial charge in [-0.25, -0.2) is 0 Å². The zero-order valence-electron chi connectivity index (χ0n) is 8.63. The number of hydrogen-bond donors (Lipinski definition) is 0. The molecule has 0 aliphatic carbocycles. The van der Waals surface area contributed by atoms with Crippen LogP contribution in [0.25, 0.3) is 0 Å². The fourth-order valence-electron chi connectivity index (χ4n) is 1.22. The number of rotatable bonds is 6. The van der Waals surface area contributed by atoms with Crippen molar-refractivity contribution in [2.45, 2.75) is 37.0 Å². The molecule has 0 saturated heterocycles. The van der Waals surface area contributed by atoms with Gasteiger partial charge in [-0.05, 0) is 29.9 Å². The van der Waals surface area contributed by atoms with Gasteiger partial charge in [-0.2, -0.15) is 0 Å². The standard InChI is InChI=1S/C12H17ClS/c1-2-3-4-9-14-12-7-5-11(10-13)6-8-12/h5-8H,2-4,9-10H2,1H3. The highest BCUT2D eigenvalue weighted by Gasteiger charge is 1.94. The third kappa shape index (κ3) is 4.39. The van der Waals surface area contributed by atoms with Gasteiger partial charge in [0.05, 0.1) is 0 Å². The minimum atomic E-state index is 0.612. The zero-order chi connectivity index (χ0) is 10.2. The lowest BCUT2D eigenvalue weighted by Crippen LogP contribution is -1.81. The van der Waals surface area contributed by atoms with Gasteiger partial charge in [-0.15, -0.1) is 23.4 Å². The summed E-state index contributed by atoms with van der Waals surface area (Å²) in [5.74, 6) is 1.84. The van der Waals surface area contributed by atoms with Gasteiger partial charge in [-0.3, -0.25) is 0 Å². The van der Waals surface area contributed by atoms with E-state index in [1.807, 2.05) is 11.8 Å². The molecule has 78 valence electrons. The molecule has 0 aromatic heterocycles. The minimum Gasteiger partial charge on any atom is -0.126 e. The quantitative estimate of drug-likeness (QED) is 0.386. The number of halogens is 1. The molecular formula is C12H17ClS. The number of hydrogen-bond acceptors (Lipinski definition) is 1. The Kier molecular flexibility index (Phi) is 6.13. The fraction of sp³-hybridized carbons (Fsp3) is 0.500. The van der Waals surface area contributed by atoms with E-state index in [0.717, 1.165) is 0 Å². The van der Waals surface area contributed by atoms with Crippen LogP contribution in [0.3, 0.4) is 0 Å². The first kappa shape index (κ1) is 11.9. The van der Waals surface area contributed by atoms with Crippen molar-refractivity contribution in [3.05, 3.63) is 29.8 Å². The molecule has 0 atom stereocenters. The van der Waals surface area contributed by atoms with Crippen LogP contribution >= 0.6 is 23.4 Å². The van der Waals surface area contributed by atoms with Crippen LogP contribution in [0.5, 0.6) is 0 Å². The van der Waals surface area contributed by atoms with E-state index in [-0.39, 0.29) is 0 Å². The van der Waals surface area contributed by atoms with Crippen molar-refractivity contribution in [1.82, 2.24) is 0 Å². The largest absolute Gasteiger partial charge is 0.126 e. The first-order chi connectivity index (χ1) is 6.86. The van der Waals surface area contributed by atoms with Crippen molar-refractivity contribution < 1.29 is 0 Å². The highest BCUT2D eigenvalue weighted by atomic mass is 35.5. The van der Waals surface area contributed by atoms with E-state index < -0.39 is 0 Å². The van der Waals surface area contributed by atoms with E-state index in [4.69, 9.17) is 11.6 Å². The Hall–Kier alpha value is -0.140. The summed E-state index contributed by atoms with van der Waals surface area (Å²) in [7, 11) is 0. The van der Waals surface area contributed by atoms with Gasteiger partial charge >= 0.3 is 0 Å². The number of alkyl halides is 1. The van der Waals surface area contributed by atoms with Crippen LogP contribution < -0.4 is 0 Å². The van der Waals surface area contributed by atoms with Crippen LogP contribution in [-0.4, -0.2) is 5.75 Å². The average molecular weight is 229 g/mol. The molecule has 0 bridgehead atoms. The van der Waals surface area contributed by atoms with Gasteiger partial charge in [0.2, 0.25) is 0 Å². The molecule has 0 amide bonds. The molecule has 0 radical (unpaired) electrons. The van der Waals surface area contributed by atoms with Crippen molar-refractivity contribution in [3.8, 4) is 0 Å². The lowest BCUT2D eigenvalue weighted by molar-refractivity contribution is 0.778. The summed E-state index contributed by atoms with van der Waals surface area (Å²) in [5, 5.41) is 0. The molecule has 0 spiro atoms. The Morgan fingerprint density at radius 3 is 2.43 bits per heavy atom. The van der Waals surface area contributed by atoms with Crippen LogP contribution in [0.4, 0.5) is 0 Å². The summed E-state index contributed by atoms with van der Waals surface area (Å²) < 4.78 is 0. The molecule has 0 aliphatic heterocycles. The molecule has 1 rings (SSSR count). The molecule has 1 aromatic carbocycles. The van der Waals surface area contributed by atoms with Crippen LogP contribution in [0.15, 0.2) is 29.2 Å². The summed E-state index contributed by atoms with van der Waals surface area (Å²) in [6.07, 6.45) is 3.96. The van der Waals surface area contributed by atoms with Crippen molar-refractivity contribution >= 4 is 23.4 Å². The van der Waals surface area contributed by atoms with Crippen LogP contribution in [-0.2, 0) is 5.88 Å². The van der Waals surface area contributed by atoms with Gasteiger partial charge < -0.3 is 0 Å². The van der Waals surface area contributed by atoms with Crippen molar-refractivity contribution in [1.29, 1.82) is 0 Å². The third-order valence-corrected chi connectivity index (χ3v) is 3.50. The summed E-state index contributed by atoms with van der Waals surface area (Å²) in [5.41, 5.74) is 1.20. The van der Waals surface area contributed by atoms with E-state index in [2.05, 4.69) is 31.2 Å². The Morgan fingerprint density at radius 1 is 1.14 bits per heavy atom. The summed E-state index contributed by atoms with van der Waals surface area (Å²) in [6.45, 7) is 2.24. The average Bonchev–Trinajstić information content (AvgIpc) is 2.25. The topological polar surface area (TPSA) is 0 Å². The second kappa shape index (κ2) is 7.19. The van der Waals surface area contributed by atoms with Gasteiger partial charge in [0.15, 0.2) is 0 Å². The molecule has 2 heteroatoms. The number of thioether (sulfide) groups is 1. The SMILES string of the molecule is CCCCCSc1ccc(CCl)cc1. The molecule has 0 saturated carbocycles. The molecule has 14 heavy (non-hydrogen) atoms. The molecule has 0 aliphatic rings. The summed E-state index contributed by atoms with van der Waals surface area (Å²) in [4.78, 5) is 1.36. The number of unbranched alkanes of at least 4 members (excludes halogenated alkanes) is 2. The second-order valence-corrected chi connectivity index (χ2v) is 4.77. The maximum absolute atomic E-state index is 5.72.